The van der Waals surface area contributed by atoms with Crippen LogP contribution in [0.3, 0.4) is 0 Å². The Labute approximate surface area is 204 Å². The summed E-state index contributed by atoms with van der Waals surface area (Å²) in [5.41, 5.74) is -4.31. The second kappa shape index (κ2) is 9.13. The third-order valence-electron chi connectivity index (χ3n) is 5.45. The molecule has 0 aliphatic heterocycles. The number of allylic oxidation sites excluding steroid dienone is 1. The molecule has 0 fully saturated rings. The Morgan fingerprint density at radius 3 is 1.00 bits per heavy atom. The third-order valence-corrected chi connectivity index (χ3v) is 5.45. The van der Waals surface area contributed by atoms with E-state index in [-0.39, 0.29) is 0 Å². The average molecular weight is 576 g/mol. The Hall–Kier alpha value is -4.37. The Balaban J connectivity index is 2.12. The van der Waals surface area contributed by atoms with E-state index in [0.29, 0.717) is 0 Å². The molecule has 204 valence electrons. The Morgan fingerprint density at radius 2 is 0.641 bits per heavy atom. The lowest BCUT2D eigenvalue weighted by atomic mass is 9.95. The van der Waals surface area contributed by atoms with Crippen molar-refractivity contribution in [3.05, 3.63) is 98.6 Å². The minimum atomic E-state index is -2.78. The molecule has 0 saturated carbocycles. The molecular weight excluding hydrogens is 574 g/mol. The van der Waals surface area contributed by atoms with Crippen LogP contribution in [0.5, 0.6) is 0 Å². The van der Waals surface area contributed by atoms with Crippen molar-refractivity contribution in [1.82, 2.24) is 0 Å². The van der Waals surface area contributed by atoms with E-state index in [0.717, 1.165) is 0 Å². The van der Waals surface area contributed by atoms with Gasteiger partial charge in [0.15, 0.2) is 87.2 Å². The molecule has 0 saturated heterocycles. The molecule has 0 bridgehead atoms. The number of aliphatic hydroxyl groups is 1. The van der Waals surface area contributed by atoms with Crippen molar-refractivity contribution in [2.24, 2.45) is 0 Å². The minimum Gasteiger partial charge on any atom is -0.507 e. The van der Waals surface area contributed by atoms with Crippen LogP contribution in [0.15, 0.2) is 6.08 Å². The van der Waals surface area contributed by atoms with Gasteiger partial charge in [0.2, 0.25) is 0 Å². The van der Waals surface area contributed by atoms with Crippen molar-refractivity contribution in [3.63, 3.8) is 0 Å². The zero-order valence-electron chi connectivity index (χ0n) is 17.7. The molecule has 0 aromatic heterocycles. The van der Waals surface area contributed by atoms with Crippen molar-refractivity contribution in [3.8, 4) is 0 Å². The van der Waals surface area contributed by atoms with Crippen LogP contribution in [-0.4, -0.2) is 10.9 Å². The fraction of sp³-hybridized carbons (Fsp3) is 0. The van der Waals surface area contributed by atoms with Crippen LogP contribution in [0.25, 0.3) is 27.3 Å². The molecule has 0 radical (unpaired) electrons. The summed E-state index contributed by atoms with van der Waals surface area (Å²) in [5.74, 6) is -42.4. The first-order valence-electron chi connectivity index (χ1n) is 9.65. The number of carbonyl (C=O) groups is 1. The normalized spacial score (nSPS) is 12.2. The second-order valence-corrected chi connectivity index (χ2v) is 7.54. The van der Waals surface area contributed by atoms with Crippen LogP contribution in [0.1, 0.15) is 15.9 Å². The van der Waals surface area contributed by atoms with Crippen LogP contribution in [0.4, 0.5) is 61.5 Å². The number of hydrogen-bond donors (Lipinski definition) is 1. The fourth-order valence-electron chi connectivity index (χ4n) is 3.74. The van der Waals surface area contributed by atoms with Gasteiger partial charge in [-0.25, -0.2) is 61.5 Å². The van der Waals surface area contributed by atoms with E-state index in [4.69, 9.17) is 0 Å². The van der Waals surface area contributed by atoms with Gasteiger partial charge in [0, 0.05) is 16.8 Å². The summed E-state index contributed by atoms with van der Waals surface area (Å²) in [6.45, 7) is 0. The van der Waals surface area contributed by atoms with Gasteiger partial charge in [-0.1, -0.05) is 0 Å². The van der Waals surface area contributed by atoms with Crippen molar-refractivity contribution >= 4 is 33.1 Å². The SMILES string of the molecule is O=C(/C=C(\O)c1c(F)c(F)c(F)c2c(F)c(F)c(F)c(F)c12)c1c(F)c(F)c(F)c2c(F)c(F)c(F)c(F)c12. The third kappa shape index (κ3) is 3.68. The molecule has 2 nitrogen and oxygen atoms in total. The van der Waals surface area contributed by atoms with E-state index >= 15 is 0 Å². The molecule has 39 heavy (non-hydrogen) atoms. The van der Waals surface area contributed by atoms with E-state index in [1.165, 1.54) is 0 Å². The standard InChI is InChI=1S/C23H2F14O2/c24-10-4(6-8(14(28)18(10)32)16(30)22(36)20(34)12(6)26)2(38)1-3(39)5-7-9(15(29)19(33)11(5)25)17(31)23(37)21(35)13(7)27/h1,38H/b2-1-. The van der Waals surface area contributed by atoms with Gasteiger partial charge in [-0.3, -0.25) is 4.79 Å². The molecule has 4 aromatic carbocycles. The number of carbonyl (C=O) groups excluding carboxylic acids is 1. The van der Waals surface area contributed by atoms with E-state index in [9.17, 15) is 71.4 Å². The van der Waals surface area contributed by atoms with Gasteiger partial charge < -0.3 is 5.11 Å². The molecule has 0 aliphatic carbocycles. The first kappa shape index (κ1) is 27.7. The van der Waals surface area contributed by atoms with Crippen LogP contribution in [-0.2, 0) is 0 Å². The van der Waals surface area contributed by atoms with E-state index in [1.54, 1.807) is 0 Å². The lowest BCUT2D eigenvalue weighted by molar-refractivity contribution is 0.104. The number of ketones is 1. The van der Waals surface area contributed by atoms with Gasteiger partial charge in [-0.2, -0.15) is 0 Å². The van der Waals surface area contributed by atoms with Gasteiger partial charge in [-0.05, 0) is 0 Å². The quantitative estimate of drug-likeness (QED) is 0.0678. The fourth-order valence-corrected chi connectivity index (χ4v) is 3.74. The zero-order chi connectivity index (χ0) is 29.4. The summed E-state index contributed by atoms with van der Waals surface area (Å²) in [4.78, 5) is 12.6. The Morgan fingerprint density at radius 1 is 0.385 bits per heavy atom. The first-order valence-corrected chi connectivity index (χ1v) is 9.65. The van der Waals surface area contributed by atoms with E-state index in [2.05, 4.69) is 0 Å². The summed E-state index contributed by atoms with van der Waals surface area (Å²) in [5, 5.41) is 1.69. The number of rotatable bonds is 3. The average Bonchev–Trinajstić information content (AvgIpc) is 2.89. The summed E-state index contributed by atoms with van der Waals surface area (Å²) >= 11 is 0. The summed E-state index contributed by atoms with van der Waals surface area (Å²) < 4.78 is 197. The number of halogens is 14. The summed E-state index contributed by atoms with van der Waals surface area (Å²) in [6, 6.07) is 0. The maximum atomic E-state index is 14.5. The first-order chi connectivity index (χ1) is 18.1. The van der Waals surface area contributed by atoms with Gasteiger partial charge in [0.1, 0.15) is 5.76 Å². The molecule has 0 aliphatic rings. The molecule has 1 N–H and O–H groups in total. The second-order valence-electron chi connectivity index (χ2n) is 7.54. The van der Waals surface area contributed by atoms with Crippen LogP contribution >= 0.6 is 0 Å². The van der Waals surface area contributed by atoms with Crippen molar-refractivity contribution in [2.45, 2.75) is 0 Å². The smallest absolute Gasteiger partial charge is 0.198 e. The molecule has 4 rings (SSSR count). The number of fused-ring (bicyclic) bond motifs is 2. The monoisotopic (exact) mass is 576 g/mol. The van der Waals surface area contributed by atoms with E-state index in [1.807, 2.05) is 0 Å². The van der Waals surface area contributed by atoms with Gasteiger partial charge in [-0.15, -0.1) is 0 Å². The van der Waals surface area contributed by atoms with Crippen LogP contribution in [0.2, 0.25) is 0 Å². The summed E-state index contributed by atoms with van der Waals surface area (Å²) in [6.07, 6.45) is -0.596. The topological polar surface area (TPSA) is 37.3 Å². The lowest BCUT2D eigenvalue weighted by Gasteiger charge is -2.14. The van der Waals surface area contributed by atoms with Gasteiger partial charge in [0.05, 0.1) is 21.9 Å². The Bertz CT molecular complexity index is 1810. The summed E-state index contributed by atoms with van der Waals surface area (Å²) in [7, 11) is 0. The Kier molecular flexibility index (Phi) is 6.47. The van der Waals surface area contributed by atoms with Crippen molar-refractivity contribution in [2.75, 3.05) is 0 Å². The number of benzene rings is 4. The number of hydrogen-bond acceptors (Lipinski definition) is 2. The molecular formula is C23H2F14O2. The van der Waals surface area contributed by atoms with Crippen LogP contribution < -0.4 is 0 Å². The van der Waals surface area contributed by atoms with Gasteiger partial charge >= 0.3 is 0 Å². The highest BCUT2D eigenvalue weighted by Gasteiger charge is 2.34. The molecule has 0 amide bonds. The minimum absolute atomic E-state index is 0.596. The lowest BCUT2D eigenvalue weighted by Crippen LogP contribution is -2.12. The van der Waals surface area contributed by atoms with E-state index < -0.39 is 132 Å². The highest BCUT2D eigenvalue weighted by molar-refractivity contribution is 6.16. The maximum absolute atomic E-state index is 14.5. The highest BCUT2D eigenvalue weighted by atomic mass is 19.2. The number of aliphatic hydroxyl groups excluding tert-OH is 1. The molecule has 0 atom stereocenters. The molecule has 16 heteroatoms. The highest BCUT2D eigenvalue weighted by Crippen LogP contribution is 2.39. The molecule has 0 heterocycles. The predicted molar refractivity (Wildman–Crippen MR) is 102 cm³/mol. The van der Waals surface area contributed by atoms with Crippen molar-refractivity contribution < 1.29 is 71.4 Å². The molecule has 0 unspecified atom stereocenters. The largest absolute Gasteiger partial charge is 0.507 e. The molecule has 4 aromatic rings. The maximum Gasteiger partial charge on any atom is 0.198 e. The zero-order valence-corrected chi connectivity index (χ0v) is 17.7. The predicted octanol–water partition coefficient (Wildman–Crippen LogP) is 7.72. The van der Waals surface area contributed by atoms with Crippen LogP contribution in [0, 0.1) is 81.4 Å². The van der Waals surface area contributed by atoms with Crippen molar-refractivity contribution in [1.29, 1.82) is 0 Å². The molecule has 0 spiro atoms. The van der Waals surface area contributed by atoms with Gasteiger partial charge in [0.25, 0.3) is 0 Å².